The van der Waals surface area contributed by atoms with Gasteiger partial charge in [-0.2, -0.15) is 0 Å². The fourth-order valence-electron chi connectivity index (χ4n) is 7.20. The number of furan rings is 1. The number of benzene rings is 7. The summed E-state index contributed by atoms with van der Waals surface area (Å²) in [5.74, 6) is 0.575. The van der Waals surface area contributed by atoms with Crippen LogP contribution in [0.3, 0.4) is 0 Å². The molecule has 238 valence electrons. The lowest BCUT2D eigenvalue weighted by Gasteiger charge is -2.08. The van der Waals surface area contributed by atoms with E-state index in [9.17, 15) is 0 Å². The molecule has 0 unspecified atom stereocenters. The molecule has 0 N–H and O–H groups in total. The van der Waals surface area contributed by atoms with Gasteiger partial charge in [-0.1, -0.05) is 103 Å². The highest BCUT2D eigenvalue weighted by molar-refractivity contribution is 7.25. The van der Waals surface area contributed by atoms with Gasteiger partial charge in [0.15, 0.2) is 17.5 Å². The lowest BCUT2D eigenvalue weighted by molar-refractivity contribution is 0.669. The molecule has 0 fully saturated rings. The SMILES string of the molecule is [2H]c1c([2H])c([2H])c(-c2nc(-c3ccccc3)nc(-c3ccc4c(c3)oc3ccc(-n5c6ccccc6c6cc7sc8ccccc8c7cc65)cc34)n2)c([2H])c1[2H]. The van der Waals surface area contributed by atoms with Gasteiger partial charge in [0.1, 0.15) is 11.2 Å². The topological polar surface area (TPSA) is 56.7 Å². The van der Waals surface area contributed by atoms with Crippen LogP contribution in [0, 0.1) is 0 Å². The molecule has 4 heterocycles. The van der Waals surface area contributed by atoms with E-state index in [2.05, 4.69) is 82.3 Å². The quantitative estimate of drug-likeness (QED) is 0.186. The Labute approximate surface area is 302 Å². The van der Waals surface area contributed by atoms with Crippen LogP contribution in [0.1, 0.15) is 6.85 Å². The maximum atomic E-state index is 8.62. The number of thiophene rings is 1. The molecule has 4 aromatic heterocycles. The first-order chi connectivity index (χ1) is 27.3. The molecule has 5 nitrogen and oxygen atoms in total. The van der Waals surface area contributed by atoms with Gasteiger partial charge < -0.3 is 8.98 Å². The Morgan fingerprint density at radius 3 is 2.08 bits per heavy atom. The van der Waals surface area contributed by atoms with E-state index in [-0.39, 0.29) is 29.3 Å². The lowest BCUT2D eigenvalue weighted by Crippen LogP contribution is -2.00. The van der Waals surface area contributed by atoms with E-state index >= 15 is 0 Å². The van der Waals surface area contributed by atoms with Crippen LogP contribution < -0.4 is 0 Å². The van der Waals surface area contributed by atoms with Crippen molar-refractivity contribution in [2.45, 2.75) is 0 Å². The van der Waals surface area contributed by atoms with Crippen LogP contribution in [-0.4, -0.2) is 19.5 Å². The highest BCUT2D eigenvalue weighted by Gasteiger charge is 2.18. The van der Waals surface area contributed by atoms with Crippen LogP contribution in [0.5, 0.6) is 0 Å². The average molecular weight is 676 g/mol. The van der Waals surface area contributed by atoms with Crippen molar-refractivity contribution in [3.63, 3.8) is 0 Å². The zero-order valence-corrected chi connectivity index (χ0v) is 27.5. The number of fused-ring (bicyclic) bond motifs is 9. The highest BCUT2D eigenvalue weighted by atomic mass is 32.1. The molecule has 0 radical (unpaired) electrons. The molecule has 51 heavy (non-hydrogen) atoms. The van der Waals surface area contributed by atoms with Gasteiger partial charge >= 0.3 is 0 Å². The molecule has 0 aliphatic carbocycles. The molecule has 0 aliphatic heterocycles. The first-order valence-electron chi connectivity index (χ1n) is 19.0. The van der Waals surface area contributed by atoms with Crippen LogP contribution >= 0.6 is 11.3 Å². The van der Waals surface area contributed by atoms with Crippen LogP contribution in [0.2, 0.25) is 0 Å². The summed E-state index contributed by atoms with van der Waals surface area (Å²) >= 11 is 1.82. The maximum Gasteiger partial charge on any atom is 0.164 e. The summed E-state index contributed by atoms with van der Waals surface area (Å²) in [6.07, 6.45) is 0. The maximum absolute atomic E-state index is 8.62. The molecular formula is C45H26N4OS. The van der Waals surface area contributed by atoms with Gasteiger partial charge in [0.2, 0.25) is 0 Å². The van der Waals surface area contributed by atoms with Crippen molar-refractivity contribution in [3.8, 4) is 39.9 Å². The molecule has 6 heteroatoms. The number of hydrogen-bond acceptors (Lipinski definition) is 5. The summed E-state index contributed by atoms with van der Waals surface area (Å²) < 4.78 is 53.2. The normalized spacial score (nSPS) is 13.3. The lowest BCUT2D eigenvalue weighted by atomic mass is 10.1. The molecule has 0 aliphatic rings. The minimum atomic E-state index is -0.480. The fraction of sp³-hybridized carbons (Fsp3) is 0. The van der Waals surface area contributed by atoms with Gasteiger partial charge in [-0.25, -0.2) is 15.0 Å². The van der Waals surface area contributed by atoms with E-state index in [0.717, 1.165) is 33.1 Å². The number of aromatic nitrogens is 4. The minimum absolute atomic E-state index is 0.0147. The minimum Gasteiger partial charge on any atom is -0.456 e. The average Bonchev–Trinajstić information content (AvgIpc) is 3.90. The second-order valence-electron chi connectivity index (χ2n) is 12.5. The Morgan fingerprint density at radius 2 is 1.22 bits per heavy atom. The number of nitrogens with zero attached hydrogens (tertiary/aromatic N) is 4. The molecule has 11 aromatic rings. The third-order valence-corrected chi connectivity index (χ3v) is 10.7. The van der Waals surface area contributed by atoms with Gasteiger partial charge in [-0.05, 0) is 54.6 Å². The van der Waals surface area contributed by atoms with E-state index in [4.69, 9.17) is 21.2 Å². The molecule has 0 amide bonds. The Bertz CT molecular complexity index is 3420. The van der Waals surface area contributed by atoms with Crippen LogP contribution in [0.15, 0.2) is 162 Å². The number of hydrogen-bond donors (Lipinski definition) is 0. The van der Waals surface area contributed by atoms with E-state index in [1.807, 2.05) is 65.9 Å². The van der Waals surface area contributed by atoms with E-state index < -0.39 is 18.1 Å². The summed E-state index contributed by atoms with van der Waals surface area (Å²) in [6.45, 7) is 0. The smallest absolute Gasteiger partial charge is 0.164 e. The van der Waals surface area contributed by atoms with Gasteiger partial charge in [-0.15, -0.1) is 11.3 Å². The zero-order valence-electron chi connectivity index (χ0n) is 31.7. The van der Waals surface area contributed by atoms with Gasteiger partial charge in [-0.3, -0.25) is 0 Å². The predicted molar refractivity (Wildman–Crippen MR) is 211 cm³/mol. The Hall–Kier alpha value is -6.63. The van der Waals surface area contributed by atoms with Crippen LogP contribution in [-0.2, 0) is 0 Å². The second kappa shape index (κ2) is 10.9. The molecule has 7 aromatic carbocycles. The largest absolute Gasteiger partial charge is 0.456 e. The summed E-state index contributed by atoms with van der Waals surface area (Å²) in [4.78, 5) is 14.1. The third kappa shape index (κ3) is 4.43. The van der Waals surface area contributed by atoms with Crippen molar-refractivity contribution in [2.24, 2.45) is 0 Å². The number of rotatable bonds is 4. The van der Waals surface area contributed by atoms with Crippen molar-refractivity contribution < 1.29 is 11.3 Å². The van der Waals surface area contributed by atoms with Gasteiger partial charge in [0.05, 0.1) is 17.9 Å². The molecule has 0 bridgehead atoms. The van der Waals surface area contributed by atoms with Crippen LogP contribution in [0.4, 0.5) is 0 Å². The monoisotopic (exact) mass is 675 g/mol. The van der Waals surface area contributed by atoms with Gasteiger partial charge in [0.25, 0.3) is 0 Å². The molecule has 0 spiro atoms. The summed E-state index contributed by atoms with van der Waals surface area (Å²) in [5, 5.41) is 6.77. The molecule has 0 atom stereocenters. The van der Waals surface area contributed by atoms with Crippen molar-refractivity contribution in [1.29, 1.82) is 0 Å². The van der Waals surface area contributed by atoms with Crippen molar-refractivity contribution in [3.05, 3.63) is 158 Å². The zero-order chi connectivity index (χ0) is 37.8. The summed E-state index contributed by atoms with van der Waals surface area (Å²) in [5.41, 5.74) is 5.87. The molecule has 0 saturated heterocycles. The van der Waals surface area contributed by atoms with Gasteiger partial charge in [0, 0.05) is 64.1 Å². The fourth-order valence-corrected chi connectivity index (χ4v) is 8.33. The van der Waals surface area contributed by atoms with E-state index in [1.54, 1.807) is 0 Å². The summed E-state index contributed by atoms with van der Waals surface area (Å²) in [6, 6.07) is 41.0. The number of para-hydroxylation sites is 1. The Morgan fingerprint density at radius 1 is 0.471 bits per heavy atom. The van der Waals surface area contributed by atoms with E-state index in [1.165, 1.54) is 30.9 Å². The standard InChI is InChI=1S/C45H26N4OS/c1-3-11-27(12-4-1)43-46-44(28-13-5-2-6-14-28)48-45(47-43)29-19-21-32-35-24-30(20-22-39(35)50-40(32)23-29)49-37-17-9-7-15-31(37)34-26-42-36(25-38(34)49)33-16-8-10-18-41(33)51-42/h1-26H/i1D,3D,4D,11D,12D. The Kier molecular flexibility index (Phi) is 5.08. The Balaban J connectivity index is 1.08. The van der Waals surface area contributed by atoms with Crippen molar-refractivity contribution in [1.82, 2.24) is 19.5 Å². The molecular weight excluding hydrogens is 645 g/mol. The second-order valence-corrected chi connectivity index (χ2v) is 13.6. The first-order valence-corrected chi connectivity index (χ1v) is 17.3. The van der Waals surface area contributed by atoms with Crippen LogP contribution in [0.25, 0.3) is 104 Å². The molecule has 11 rings (SSSR count). The molecule has 0 saturated carbocycles. The predicted octanol–water partition coefficient (Wildman–Crippen LogP) is 12.2. The summed E-state index contributed by atoms with van der Waals surface area (Å²) in [7, 11) is 0. The third-order valence-electron chi connectivity index (χ3n) is 9.53. The van der Waals surface area contributed by atoms with Crippen molar-refractivity contribution >= 4 is 75.3 Å². The highest BCUT2D eigenvalue weighted by Crippen LogP contribution is 2.41. The van der Waals surface area contributed by atoms with Crippen molar-refractivity contribution in [2.75, 3.05) is 0 Å². The first kappa shape index (κ1) is 23.7. The van der Waals surface area contributed by atoms with E-state index in [0.29, 0.717) is 22.5 Å².